The molecule has 0 bridgehead atoms. The summed E-state index contributed by atoms with van der Waals surface area (Å²) in [6, 6.07) is 6.36. The number of hydrogen-bond acceptors (Lipinski definition) is 2. The van der Waals surface area contributed by atoms with Crippen LogP contribution in [0.5, 0.6) is 0 Å². The molecule has 1 saturated heterocycles. The number of carbonyl (C=O) groups excluding carboxylic acids is 1. The van der Waals surface area contributed by atoms with Crippen molar-refractivity contribution in [3.05, 3.63) is 32.9 Å². The number of hydrogen-bond donors (Lipinski definition) is 1. The van der Waals surface area contributed by atoms with Crippen LogP contribution in [0.1, 0.15) is 35.2 Å². The smallest absolute Gasteiger partial charge is 0.252 e. The van der Waals surface area contributed by atoms with Crippen LogP contribution in [0.2, 0.25) is 0 Å². The lowest BCUT2D eigenvalue weighted by atomic mass is 10.0. The Hall–Kier alpha value is -0.620. The zero-order valence-corrected chi connectivity index (χ0v) is 13.7. The summed E-state index contributed by atoms with van der Waals surface area (Å²) in [5.74, 6) is 0.0482. The highest BCUT2D eigenvalue weighted by Crippen LogP contribution is 2.17. The molecule has 1 N–H and O–H groups in total. The van der Waals surface area contributed by atoms with Gasteiger partial charge in [-0.15, -0.1) is 0 Å². The maximum atomic E-state index is 12.2. The van der Waals surface area contributed by atoms with Crippen molar-refractivity contribution in [3.63, 3.8) is 0 Å². The van der Waals surface area contributed by atoms with E-state index in [1.807, 2.05) is 25.1 Å². The van der Waals surface area contributed by atoms with Gasteiger partial charge in [0.15, 0.2) is 0 Å². The summed E-state index contributed by atoms with van der Waals surface area (Å²) < 4.78 is 1.05. The number of carbonyl (C=O) groups is 1. The Morgan fingerprint density at radius 3 is 3.00 bits per heavy atom. The minimum Gasteiger partial charge on any atom is -0.350 e. The van der Waals surface area contributed by atoms with Crippen LogP contribution in [0.4, 0.5) is 0 Å². The van der Waals surface area contributed by atoms with Crippen molar-refractivity contribution in [1.82, 2.24) is 10.2 Å². The van der Waals surface area contributed by atoms with Crippen molar-refractivity contribution >= 4 is 28.5 Å². The zero-order valence-electron chi connectivity index (χ0n) is 11.6. The van der Waals surface area contributed by atoms with Gasteiger partial charge in [0.25, 0.3) is 5.91 Å². The first kappa shape index (κ1) is 14.8. The maximum absolute atomic E-state index is 12.2. The minimum atomic E-state index is 0.0482. The average Bonchev–Trinajstić information content (AvgIpc) is 2.40. The normalized spacial score (nSPS) is 20.3. The highest BCUT2D eigenvalue weighted by molar-refractivity contribution is 14.1. The second-order valence-corrected chi connectivity index (χ2v) is 6.36. The van der Waals surface area contributed by atoms with Crippen LogP contribution >= 0.6 is 22.6 Å². The number of nitrogens with zero attached hydrogens (tertiary/aromatic N) is 1. The molecule has 0 aliphatic carbocycles. The molecule has 1 unspecified atom stereocenters. The van der Waals surface area contributed by atoms with E-state index in [-0.39, 0.29) is 5.91 Å². The summed E-state index contributed by atoms with van der Waals surface area (Å²) in [7, 11) is 2.15. The molecule has 1 fully saturated rings. The largest absolute Gasteiger partial charge is 0.350 e. The lowest BCUT2D eigenvalue weighted by Crippen LogP contribution is -2.44. The summed E-state index contributed by atoms with van der Waals surface area (Å²) in [4.78, 5) is 14.6. The molecule has 1 aliphatic rings. The highest BCUT2D eigenvalue weighted by Gasteiger charge is 2.20. The van der Waals surface area contributed by atoms with Crippen LogP contribution < -0.4 is 5.32 Å². The standard InChI is InChI=1S/C15H21IN2O/c1-11-6-5-8-13(14(11)16)15(19)17-10-12-7-3-4-9-18(12)2/h5-6,8,12H,3-4,7,9-10H2,1-2H3,(H,17,19). The van der Waals surface area contributed by atoms with E-state index in [9.17, 15) is 4.79 Å². The molecule has 1 aliphatic heterocycles. The summed E-state index contributed by atoms with van der Waals surface area (Å²) >= 11 is 2.25. The first-order valence-corrected chi connectivity index (χ1v) is 7.91. The van der Waals surface area contributed by atoms with Gasteiger partial charge in [0.2, 0.25) is 0 Å². The van der Waals surface area contributed by atoms with Crippen LogP contribution in [0.3, 0.4) is 0 Å². The van der Waals surface area contributed by atoms with E-state index in [0.29, 0.717) is 6.04 Å². The Bertz CT molecular complexity index is 461. The molecular weight excluding hydrogens is 351 g/mol. The van der Waals surface area contributed by atoms with Crippen molar-refractivity contribution in [2.75, 3.05) is 20.1 Å². The molecule has 1 amide bonds. The number of likely N-dealkylation sites (N-methyl/N-ethyl adjacent to an activating group) is 1. The predicted octanol–water partition coefficient (Wildman–Crippen LogP) is 2.81. The Balaban J connectivity index is 1.95. The Labute approximate surface area is 128 Å². The fraction of sp³-hybridized carbons (Fsp3) is 0.533. The molecule has 1 heterocycles. The lowest BCUT2D eigenvalue weighted by molar-refractivity contribution is 0.0927. The predicted molar refractivity (Wildman–Crippen MR) is 86.5 cm³/mol. The van der Waals surface area contributed by atoms with Crippen LogP contribution in [-0.2, 0) is 0 Å². The molecule has 0 saturated carbocycles. The van der Waals surface area contributed by atoms with E-state index < -0.39 is 0 Å². The van der Waals surface area contributed by atoms with Gasteiger partial charge >= 0.3 is 0 Å². The maximum Gasteiger partial charge on any atom is 0.252 e. The number of likely N-dealkylation sites (tertiary alicyclic amines) is 1. The number of nitrogens with one attached hydrogen (secondary N) is 1. The molecule has 0 aromatic heterocycles. The second kappa shape index (κ2) is 6.70. The van der Waals surface area contributed by atoms with Crippen LogP contribution in [-0.4, -0.2) is 37.0 Å². The third-order valence-electron chi connectivity index (χ3n) is 3.86. The molecule has 1 aromatic rings. The van der Waals surface area contributed by atoms with E-state index in [2.05, 4.69) is 39.9 Å². The van der Waals surface area contributed by atoms with Gasteiger partial charge in [-0.25, -0.2) is 0 Å². The third-order valence-corrected chi connectivity index (χ3v) is 5.29. The molecule has 2 rings (SSSR count). The SMILES string of the molecule is Cc1cccc(C(=O)NCC2CCCCN2C)c1I. The van der Waals surface area contributed by atoms with Crippen molar-refractivity contribution in [2.45, 2.75) is 32.2 Å². The number of piperidine rings is 1. The van der Waals surface area contributed by atoms with Crippen LogP contribution in [0.15, 0.2) is 18.2 Å². The van der Waals surface area contributed by atoms with Crippen molar-refractivity contribution < 1.29 is 4.79 Å². The Kier molecular flexibility index (Phi) is 5.21. The van der Waals surface area contributed by atoms with E-state index in [0.717, 1.165) is 27.8 Å². The number of amides is 1. The molecular formula is C15H21IN2O. The summed E-state index contributed by atoms with van der Waals surface area (Å²) in [6.07, 6.45) is 3.73. The van der Waals surface area contributed by atoms with Crippen molar-refractivity contribution in [3.8, 4) is 0 Å². The van der Waals surface area contributed by atoms with Gasteiger partial charge in [-0.1, -0.05) is 18.6 Å². The zero-order chi connectivity index (χ0) is 13.8. The Morgan fingerprint density at radius 2 is 2.26 bits per heavy atom. The average molecular weight is 372 g/mol. The topological polar surface area (TPSA) is 32.3 Å². The molecule has 1 aromatic carbocycles. The van der Waals surface area contributed by atoms with Crippen LogP contribution in [0, 0.1) is 10.5 Å². The monoisotopic (exact) mass is 372 g/mol. The minimum absolute atomic E-state index is 0.0482. The van der Waals surface area contributed by atoms with Gasteiger partial charge < -0.3 is 10.2 Å². The molecule has 19 heavy (non-hydrogen) atoms. The number of aryl methyl sites for hydroxylation is 1. The first-order chi connectivity index (χ1) is 9.09. The van der Waals surface area contributed by atoms with Crippen molar-refractivity contribution in [2.24, 2.45) is 0 Å². The van der Waals surface area contributed by atoms with Crippen LogP contribution in [0.25, 0.3) is 0 Å². The second-order valence-electron chi connectivity index (χ2n) is 5.28. The van der Waals surface area contributed by atoms with Gasteiger partial charge in [0, 0.05) is 16.2 Å². The Morgan fingerprint density at radius 1 is 1.47 bits per heavy atom. The van der Waals surface area contributed by atoms with E-state index in [1.54, 1.807) is 0 Å². The number of rotatable bonds is 3. The lowest BCUT2D eigenvalue weighted by Gasteiger charge is -2.32. The highest BCUT2D eigenvalue weighted by atomic mass is 127. The molecule has 4 heteroatoms. The van der Waals surface area contributed by atoms with E-state index in [1.165, 1.54) is 19.3 Å². The number of halogens is 1. The fourth-order valence-corrected chi connectivity index (χ4v) is 3.14. The fourth-order valence-electron chi connectivity index (χ4n) is 2.53. The summed E-state index contributed by atoms with van der Waals surface area (Å²) in [6.45, 7) is 3.93. The van der Waals surface area contributed by atoms with Gasteiger partial charge in [-0.3, -0.25) is 4.79 Å². The van der Waals surface area contributed by atoms with Crippen molar-refractivity contribution in [1.29, 1.82) is 0 Å². The molecule has 0 spiro atoms. The quantitative estimate of drug-likeness (QED) is 0.828. The first-order valence-electron chi connectivity index (χ1n) is 6.83. The molecule has 104 valence electrons. The van der Waals surface area contributed by atoms with E-state index in [4.69, 9.17) is 0 Å². The number of benzene rings is 1. The molecule has 0 radical (unpaired) electrons. The van der Waals surface area contributed by atoms with Gasteiger partial charge in [0.1, 0.15) is 0 Å². The summed E-state index contributed by atoms with van der Waals surface area (Å²) in [5.41, 5.74) is 1.95. The summed E-state index contributed by atoms with van der Waals surface area (Å²) in [5, 5.41) is 3.08. The van der Waals surface area contributed by atoms with E-state index >= 15 is 0 Å². The van der Waals surface area contributed by atoms with Gasteiger partial charge in [-0.05, 0) is 67.6 Å². The van der Waals surface area contributed by atoms with Gasteiger partial charge in [-0.2, -0.15) is 0 Å². The van der Waals surface area contributed by atoms with Gasteiger partial charge in [0.05, 0.1) is 5.56 Å². The molecule has 1 atom stereocenters. The molecule has 3 nitrogen and oxygen atoms in total. The third kappa shape index (κ3) is 3.69.